The van der Waals surface area contributed by atoms with Crippen molar-refractivity contribution < 1.29 is 0 Å². The lowest BCUT2D eigenvalue weighted by Gasteiger charge is -2.36. The van der Waals surface area contributed by atoms with E-state index in [4.69, 9.17) is 6.42 Å². The maximum atomic E-state index is 5.57. The van der Waals surface area contributed by atoms with Crippen LogP contribution < -0.4 is 5.32 Å². The van der Waals surface area contributed by atoms with Crippen molar-refractivity contribution in [2.24, 2.45) is 11.8 Å². The monoisotopic (exact) mass is 236 g/mol. The lowest BCUT2D eigenvalue weighted by Crippen LogP contribution is -2.46. The van der Waals surface area contributed by atoms with Crippen LogP contribution in [-0.2, 0) is 0 Å². The van der Waals surface area contributed by atoms with Crippen molar-refractivity contribution in [1.29, 1.82) is 0 Å². The van der Waals surface area contributed by atoms with Crippen molar-refractivity contribution >= 4 is 0 Å². The molecular formula is C15H28N2. The molecule has 0 aliphatic carbocycles. The Morgan fingerprint density at radius 1 is 1.29 bits per heavy atom. The SMILES string of the molecule is C#CC(NC(C)C1CCN(CC)CC1)C(C)C. The number of likely N-dealkylation sites (tertiary alicyclic amines) is 1. The summed E-state index contributed by atoms with van der Waals surface area (Å²) in [6.45, 7) is 12.6. The number of hydrogen-bond acceptors (Lipinski definition) is 2. The Hall–Kier alpha value is -0.520. The molecule has 2 heteroatoms. The number of rotatable bonds is 5. The van der Waals surface area contributed by atoms with Crippen LogP contribution in [0.5, 0.6) is 0 Å². The molecule has 0 aromatic heterocycles. The van der Waals surface area contributed by atoms with Crippen molar-refractivity contribution in [3.8, 4) is 12.3 Å². The van der Waals surface area contributed by atoms with Crippen molar-refractivity contribution in [1.82, 2.24) is 10.2 Å². The smallest absolute Gasteiger partial charge is 0.0712 e. The molecule has 0 aromatic carbocycles. The van der Waals surface area contributed by atoms with Gasteiger partial charge in [-0.15, -0.1) is 6.42 Å². The van der Waals surface area contributed by atoms with Gasteiger partial charge in [0.25, 0.3) is 0 Å². The van der Waals surface area contributed by atoms with Gasteiger partial charge in [0, 0.05) is 6.04 Å². The van der Waals surface area contributed by atoms with E-state index in [1.54, 1.807) is 0 Å². The average Bonchev–Trinajstić information content (AvgIpc) is 2.35. The van der Waals surface area contributed by atoms with Crippen molar-refractivity contribution in [2.75, 3.05) is 19.6 Å². The number of hydrogen-bond donors (Lipinski definition) is 1. The summed E-state index contributed by atoms with van der Waals surface area (Å²) >= 11 is 0. The van der Waals surface area contributed by atoms with Crippen LogP contribution in [0.2, 0.25) is 0 Å². The summed E-state index contributed by atoms with van der Waals surface area (Å²) in [6, 6.07) is 0.756. The predicted molar refractivity (Wildman–Crippen MR) is 74.9 cm³/mol. The second-order valence-corrected chi connectivity index (χ2v) is 5.62. The van der Waals surface area contributed by atoms with Crippen molar-refractivity contribution in [3.63, 3.8) is 0 Å². The molecular weight excluding hydrogens is 208 g/mol. The summed E-state index contributed by atoms with van der Waals surface area (Å²) in [5, 5.41) is 3.61. The normalized spacial score (nSPS) is 22.4. The minimum atomic E-state index is 0.217. The van der Waals surface area contributed by atoms with Crippen molar-refractivity contribution in [3.05, 3.63) is 0 Å². The lowest BCUT2D eigenvalue weighted by molar-refractivity contribution is 0.164. The molecule has 0 aromatic rings. The van der Waals surface area contributed by atoms with Gasteiger partial charge in [0.2, 0.25) is 0 Å². The highest BCUT2D eigenvalue weighted by atomic mass is 15.1. The number of terminal acetylenes is 1. The van der Waals surface area contributed by atoms with Crippen LogP contribution in [0.3, 0.4) is 0 Å². The van der Waals surface area contributed by atoms with Crippen LogP contribution in [0.1, 0.15) is 40.5 Å². The first-order valence-corrected chi connectivity index (χ1v) is 7.03. The average molecular weight is 236 g/mol. The van der Waals surface area contributed by atoms with Crippen molar-refractivity contribution in [2.45, 2.75) is 52.6 Å². The van der Waals surface area contributed by atoms with Crippen LogP contribution in [0, 0.1) is 24.2 Å². The number of piperidine rings is 1. The highest BCUT2D eigenvalue weighted by Crippen LogP contribution is 2.21. The first kappa shape index (κ1) is 14.5. The van der Waals surface area contributed by atoms with E-state index in [2.05, 4.69) is 43.8 Å². The van der Waals surface area contributed by atoms with Crippen LogP contribution in [0.15, 0.2) is 0 Å². The van der Waals surface area contributed by atoms with E-state index >= 15 is 0 Å². The molecule has 0 saturated carbocycles. The largest absolute Gasteiger partial charge is 0.304 e. The molecule has 0 amide bonds. The summed E-state index contributed by atoms with van der Waals surface area (Å²) < 4.78 is 0. The van der Waals surface area contributed by atoms with Gasteiger partial charge in [-0.3, -0.25) is 0 Å². The molecule has 2 atom stereocenters. The third-order valence-corrected chi connectivity index (χ3v) is 4.08. The Kier molecular flexibility index (Phi) is 6.02. The lowest BCUT2D eigenvalue weighted by atomic mass is 9.89. The molecule has 1 saturated heterocycles. The maximum absolute atomic E-state index is 5.57. The summed E-state index contributed by atoms with van der Waals surface area (Å²) in [6.07, 6.45) is 8.18. The molecule has 1 aliphatic rings. The van der Waals surface area contributed by atoms with Gasteiger partial charge >= 0.3 is 0 Å². The van der Waals surface area contributed by atoms with Gasteiger partial charge in [0.15, 0.2) is 0 Å². The Morgan fingerprint density at radius 2 is 1.88 bits per heavy atom. The fourth-order valence-electron chi connectivity index (χ4n) is 2.62. The fraction of sp³-hybridized carbons (Fsp3) is 0.867. The highest BCUT2D eigenvalue weighted by Gasteiger charge is 2.24. The minimum Gasteiger partial charge on any atom is -0.304 e. The molecule has 0 spiro atoms. The topological polar surface area (TPSA) is 15.3 Å². The molecule has 17 heavy (non-hydrogen) atoms. The molecule has 0 radical (unpaired) electrons. The van der Waals surface area contributed by atoms with Gasteiger partial charge in [-0.2, -0.15) is 0 Å². The first-order valence-electron chi connectivity index (χ1n) is 7.03. The Balaban J connectivity index is 2.38. The van der Waals surface area contributed by atoms with E-state index in [0.29, 0.717) is 12.0 Å². The van der Waals surface area contributed by atoms with Crippen LogP contribution in [0.25, 0.3) is 0 Å². The minimum absolute atomic E-state index is 0.217. The quantitative estimate of drug-likeness (QED) is 0.737. The van der Waals surface area contributed by atoms with E-state index in [9.17, 15) is 0 Å². The van der Waals surface area contributed by atoms with E-state index in [-0.39, 0.29) is 6.04 Å². The molecule has 1 rings (SSSR count). The number of nitrogens with one attached hydrogen (secondary N) is 1. The summed E-state index contributed by atoms with van der Waals surface area (Å²) in [7, 11) is 0. The van der Waals surface area contributed by atoms with E-state index < -0.39 is 0 Å². The molecule has 98 valence electrons. The predicted octanol–water partition coefficient (Wildman–Crippen LogP) is 2.35. The van der Waals surface area contributed by atoms with E-state index in [1.807, 2.05) is 0 Å². The second-order valence-electron chi connectivity index (χ2n) is 5.62. The Morgan fingerprint density at radius 3 is 2.29 bits per heavy atom. The summed E-state index contributed by atoms with van der Waals surface area (Å²) in [5.74, 6) is 4.17. The molecule has 0 bridgehead atoms. The number of nitrogens with zero attached hydrogens (tertiary/aromatic N) is 1. The Labute approximate surface area is 107 Å². The zero-order chi connectivity index (χ0) is 12.8. The third kappa shape index (κ3) is 4.33. The summed E-state index contributed by atoms with van der Waals surface area (Å²) in [5.41, 5.74) is 0. The molecule has 2 nitrogen and oxygen atoms in total. The van der Waals surface area contributed by atoms with E-state index in [0.717, 1.165) is 5.92 Å². The third-order valence-electron chi connectivity index (χ3n) is 4.08. The van der Waals surface area contributed by atoms with Crippen LogP contribution >= 0.6 is 0 Å². The zero-order valence-electron chi connectivity index (χ0n) is 11.9. The maximum Gasteiger partial charge on any atom is 0.0712 e. The molecule has 1 fully saturated rings. The van der Waals surface area contributed by atoms with Gasteiger partial charge in [-0.25, -0.2) is 0 Å². The van der Waals surface area contributed by atoms with Crippen LogP contribution in [-0.4, -0.2) is 36.6 Å². The van der Waals surface area contributed by atoms with Gasteiger partial charge in [0.1, 0.15) is 0 Å². The molecule has 1 N–H and O–H groups in total. The summed E-state index contributed by atoms with van der Waals surface area (Å²) in [4.78, 5) is 2.53. The molecule has 1 heterocycles. The first-order chi connectivity index (χ1) is 8.08. The molecule has 2 unspecified atom stereocenters. The van der Waals surface area contributed by atoms with Crippen LogP contribution in [0.4, 0.5) is 0 Å². The van der Waals surface area contributed by atoms with E-state index in [1.165, 1.54) is 32.5 Å². The van der Waals surface area contributed by atoms with Gasteiger partial charge < -0.3 is 10.2 Å². The van der Waals surface area contributed by atoms with Gasteiger partial charge in [0.05, 0.1) is 6.04 Å². The van der Waals surface area contributed by atoms with Gasteiger partial charge in [-0.05, 0) is 51.2 Å². The second kappa shape index (κ2) is 7.03. The fourth-order valence-corrected chi connectivity index (χ4v) is 2.62. The Bertz CT molecular complexity index is 246. The molecule has 1 aliphatic heterocycles. The zero-order valence-corrected chi connectivity index (χ0v) is 11.9. The highest BCUT2D eigenvalue weighted by molar-refractivity contribution is 5.01. The van der Waals surface area contributed by atoms with Gasteiger partial charge in [-0.1, -0.05) is 26.7 Å². The standard InChI is InChI=1S/C15H28N2/c1-6-15(12(3)4)16-13(5)14-8-10-17(7-2)11-9-14/h1,12-16H,7-11H2,2-5H3.